The number of aryl methyl sites for hydroxylation is 1. The van der Waals surface area contributed by atoms with Crippen molar-refractivity contribution in [2.24, 2.45) is 5.92 Å². The Labute approximate surface area is 239 Å². The number of esters is 1. The van der Waals surface area contributed by atoms with Crippen LogP contribution < -0.4 is 10.6 Å². The molecule has 0 aliphatic heterocycles. The summed E-state index contributed by atoms with van der Waals surface area (Å²) in [4.78, 5) is 53.8. The fraction of sp³-hybridized carbons (Fsp3) is 0.667. The quantitative estimate of drug-likeness (QED) is 0.207. The highest BCUT2D eigenvalue weighted by Gasteiger charge is 2.38. The van der Waals surface area contributed by atoms with Gasteiger partial charge in [0, 0.05) is 18.7 Å². The molecular weight excluding hydrogens is 514 g/mol. The van der Waals surface area contributed by atoms with Gasteiger partial charge in [-0.25, -0.2) is 4.79 Å². The van der Waals surface area contributed by atoms with Gasteiger partial charge in [-0.1, -0.05) is 58.2 Å². The molecule has 226 valence electrons. The Balaban J connectivity index is 3.49. The molecule has 10 nitrogen and oxygen atoms in total. The second-order valence-electron chi connectivity index (χ2n) is 11.2. The number of rotatable bonds is 15. The molecule has 0 aliphatic carbocycles. The van der Waals surface area contributed by atoms with Gasteiger partial charge in [0.1, 0.15) is 23.4 Å². The van der Waals surface area contributed by atoms with Crippen LogP contribution in [-0.2, 0) is 23.9 Å². The average molecular weight is 564 g/mol. The van der Waals surface area contributed by atoms with Crippen molar-refractivity contribution in [2.75, 3.05) is 19.7 Å². The van der Waals surface area contributed by atoms with Crippen LogP contribution in [0.15, 0.2) is 18.2 Å². The van der Waals surface area contributed by atoms with Crippen molar-refractivity contribution >= 4 is 23.9 Å². The Hall–Kier alpha value is -3.30. The highest BCUT2D eigenvalue weighted by Crippen LogP contribution is 2.33. The fourth-order valence-electron chi connectivity index (χ4n) is 4.17. The van der Waals surface area contributed by atoms with Crippen LogP contribution in [0, 0.1) is 12.8 Å². The van der Waals surface area contributed by atoms with Gasteiger partial charge in [-0.3, -0.25) is 14.4 Å². The third kappa shape index (κ3) is 11.4. The van der Waals surface area contributed by atoms with Gasteiger partial charge >= 0.3 is 12.1 Å². The zero-order valence-corrected chi connectivity index (χ0v) is 25.5. The van der Waals surface area contributed by atoms with E-state index in [1.54, 1.807) is 66.7 Å². The third-order valence-electron chi connectivity index (χ3n) is 6.20. The van der Waals surface area contributed by atoms with Gasteiger partial charge in [0.2, 0.25) is 11.8 Å². The van der Waals surface area contributed by atoms with E-state index in [2.05, 4.69) is 17.6 Å². The molecule has 0 fully saturated rings. The Morgan fingerprint density at radius 2 is 1.73 bits per heavy atom. The topological polar surface area (TPSA) is 134 Å². The summed E-state index contributed by atoms with van der Waals surface area (Å²) in [6.45, 7) is 14.7. The molecule has 0 radical (unpaired) electrons. The molecule has 0 bridgehead atoms. The Kier molecular flexibility index (Phi) is 14.5. The summed E-state index contributed by atoms with van der Waals surface area (Å²) in [7, 11) is 0. The second kappa shape index (κ2) is 16.7. The van der Waals surface area contributed by atoms with Gasteiger partial charge in [-0.15, -0.1) is 0 Å². The lowest BCUT2D eigenvalue weighted by Crippen LogP contribution is -2.55. The molecule has 0 aromatic heterocycles. The summed E-state index contributed by atoms with van der Waals surface area (Å²) in [5.41, 5.74) is 0.0492. The number of hydrogen-bond donors (Lipinski definition) is 3. The molecule has 2 atom stereocenters. The molecule has 0 saturated carbocycles. The number of phenols is 1. The van der Waals surface area contributed by atoms with Gasteiger partial charge < -0.3 is 30.1 Å². The number of alkyl carbamates (subject to hydrolysis) is 1. The molecule has 40 heavy (non-hydrogen) atoms. The van der Waals surface area contributed by atoms with Crippen molar-refractivity contribution in [3.05, 3.63) is 29.3 Å². The molecule has 2 unspecified atom stereocenters. The van der Waals surface area contributed by atoms with Crippen LogP contribution in [0.3, 0.4) is 0 Å². The van der Waals surface area contributed by atoms with Gasteiger partial charge in [0.15, 0.2) is 0 Å². The smallest absolute Gasteiger partial charge is 0.408 e. The van der Waals surface area contributed by atoms with Crippen molar-refractivity contribution in [1.82, 2.24) is 15.5 Å². The van der Waals surface area contributed by atoms with Crippen molar-refractivity contribution < 1.29 is 33.8 Å². The molecule has 0 aliphatic rings. The van der Waals surface area contributed by atoms with Gasteiger partial charge in [-0.2, -0.15) is 0 Å². The van der Waals surface area contributed by atoms with Gasteiger partial charge in [-0.05, 0) is 52.5 Å². The maximum absolute atomic E-state index is 14.2. The molecule has 1 aromatic carbocycles. The number of unbranched alkanes of at least 4 members (excludes halogenated alkanes) is 3. The summed E-state index contributed by atoms with van der Waals surface area (Å²) >= 11 is 0. The van der Waals surface area contributed by atoms with E-state index in [0.29, 0.717) is 12.0 Å². The molecule has 1 rings (SSSR count). The largest absolute Gasteiger partial charge is 0.507 e. The normalized spacial score (nSPS) is 12.8. The lowest BCUT2D eigenvalue weighted by Gasteiger charge is -2.36. The monoisotopic (exact) mass is 563 g/mol. The first-order valence-electron chi connectivity index (χ1n) is 14.2. The lowest BCUT2D eigenvalue weighted by atomic mass is 9.96. The summed E-state index contributed by atoms with van der Waals surface area (Å²) in [6, 6.07) is 2.85. The molecule has 3 N–H and O–H groups in total. The van der Waals surface area contributed by atoms with Crippen molar-refractivity contribution in [3.8, 4) is 5.75 Å². The van der Waals surface area contributed by atoms with E-state index in [0.717, 1.165) is 19.3 Å². The number of carbonyl (C=O) groups is 4. The van der Waals surface area contributed by atoms with E-state index >= 15 is 0 Å². The molecular formula is C30H49N3O7. The van der Waals surface area contributed by atoms with Crippen LogP contribution in [0.5, 0.6) is 5.75 Å². The zero-order valence-electron chi connectivity index (χ0n) is 25.5. The van der Waals surface area contributed by atoms with Crippen LogP contribution >= 0.6 is 0 Å². The SMILES string of the molecule is CCCCCCN(C(=O)C(NC(=O)OC(C)(C)C)C(C)C)C(C(=O)NCCC(=O)OCC)c1cccc(C)c1O. The van der Waals surface area contributed by atoms with E-state index in [4.69, 9.17) is 9.47 Å². The van der Waals surface area contributed by atoms with E-state index in [1.807, 2.05) is 0 Å². The standard InChI is InChI=1S/C30H49N3O7/c1-9-11-12-13-19-33(28(37)24(20(3)4)32-29(38)40-30(6,7)8)25(22-16-14-15-21(5)26(22)35)27(36)31-18-17-23(34)39-10-2/h14-16,20,24-25,35H,9-13,17-19H2,1-8H3,(H,31,36)(H,32,38). The number of para-hydroxylation sites is 1. The summed E-state index contributed by atoms with van der Waals surface area (Å²) in [5.74, 6) is -1.89. The first-order valence-corrected chi connectivity index (χ1v) is 14.2. The number of carbonyl (C=O) groups excluding carboxylic acids is 4. The predicted molar refractivity (Wildman–Crippen MR) is 154 cm³/mol. The maximum atomic E-state index is 14.2. The summed E-state index contributed by atoms with van der Waals surface area (Å²) in [5, 5.41) is 16.4. The molecule has 3 amide bonds. The van der Waals surface area contributed by atoms with Crippen molar-refractivity contribution in [1.29, 1.82) is 0 Å². The summed E-state index contributed by atoms with van der Waals surface area (Å²) in [6.07, 6.45) is 2.63. The van der Waals surface area contributed by atoms with E-state index in [9.17, 15) is 24.3 Å². The van der Waals surface area contributed by atoms with Crippen LogP contribution in [0.25, 0.3) is 0 Å². The maximum Gasteiger partial charge on any atom is 0.408 e. The highest BCUT2D eigenvalue weighted by atomic mass is 16.6. The molecule has 10 heteroatoms. The minimum absolute atomic E-state index is 0.00236. The second-order valence-corrected chi connectivity index (χ2v) is 11.2. The highest BCUT2D eigenvalue weighted by molar-refractivity contribution is 5.93. The number of ether oxygens (including phenoxy) is 2. The Morgan fingerprint density at radius 1 is 1.05 bits per heavy atom. The van der Waals surface area contributed by atoms with Crippen molar-refractivity contribution in [3.63, 3.8) is 0 Å². The molecule has 1 aromatic rings. The number of nitrogens with one attached hydrogen (secondary N) is 2. The number of benzene rings is 1. The van der Waals surface area contributed by atoms with Crippen LogP contribution in [0.1, 0.15) is 97.7 Å². The summed E-state index contributed by atoms with van der Waals surface area (Å²) < 4.78 is 10.3. The predicted octanol–water partition coefficient (Wildman–Crippen LogP) is 4.77. The first-order chi connectivity index (χ1) is 18.7. The van der Waals surface area contributed by atoms with E-state index < -0.39 is 41.6 Å². The number of aromatic hydroxyl groups is 1. The lowest BCUT2D eigenvalue weighted by molar-refractivity contribution is -0.145. The number of hydrogen-bond acceptors (Lipinski definition) is 7. The minimum atomic E-state index is -1.20. The average Bonchev–Trinajstić information content (AvgIpc) is 2.85. The molecule has 0 saturated heterocycles. The molecule has 0 spiro atoms. The minimum Gasteiger partial charge on any atom is -0.507 e. The Bertz CT molecular complexity index is 988. The zero-order chi connectivity index (χ0) is 30.5. The third-order valence-corrected chi connectivity index (χ3v) is 6.20. The fourth-order valence-corrected chi connectivity index (χ4v) is 4.17. The van der Waals surface area contributed by atoms with Crippen LogP contribution in [0.2, 0.25) is 0 Å². The Morgan fingerprint density at radius 3 is 2.30 bits per heavy atom. The van der Waals surface area contributed by atoms with Crippen LogP contribution in [-0.4, -0.2) is 65.2 Å². The molecule has 0 heterocycles. The van der Waals surface area contributed by atoms with Crippen LogP contribution in [0.4, 0.5) is 4.79 Å². The number of nitrogens with zero attached hydrogens (tertiary/aromatic N) is 1. The number of phenolic OH excluding ortho intramolecular Hbond substituents is 1. The number of amides is 3. The van der Waals surface area contributed by atoms with E-state index in [-0.39, 0.29) is 43.3 Å². The van der Waals surface area contributed by atoms with E-state index in [1.165, 1.54) is 4.90 Å². The van der Waals surface area contributed by atoms with Gasteiger partial charge in [0.05, 0.1) is 13.0 Å². The van der Waals surface area contributed by atoms with Crippen molar-refractivity contribution in [2.45, 2.75) is 105 Å². The first kappa shape index (κ1) is 34.7. The van der Waals surface area contributed by atoms with Gasteiger partial charge in [0.25, 0.3) is 0 Å².